The maximum absolute atomic E-state index is 13.0. The lowest BCUT2D eigenvalue weighted by Crippen LogP contribution is -2.48. The zero-order chi connectivity index (χ0) is 15.9. The topological polar surface area (TPSA) is 76.3 Å². The minimum absolute atomic E-state index is 0.0785. The molecule has 1 saturated heterocycles. The molecule has 0 bridgehead atoms. The van der Waals surface area contributed by atoms with Crippen LogP contribution >= 0.6 is 0 Å². The van der Waals surface area contributed by atoms with Crippen molar-refractivity contribution in [3.8, 4) is 0 Å². The fourth-order valence-electron chi connectivity index (χ4n) is 3.12. The summed E-state index contributed by atoms with van der Waals surface area (Å²) in [6.45, 7) is 4.33. The zero-order valence-electron chi connectivity index (χ0n) is 12.9. The Hall–Kier alpha value is -1.50. The van der Waals surface area contributed by atoms with E-state index in [2.05, 4.69) is 4.98 Å². The number of hydrogen-bond acceptors (Lipinski definition) is 4. The minimum atomic E-state index is -3.56. The van der Waals surface area contributed by atoms with Crippen molar-refractivity contribution < 1.29 is 8.42 Å². The van der Waals surface area contributed by atoms with Crippen LogP contribution in [0.4, 0.5) is 0 Å². The van der Waals surface area contributed by atoms with Crippen molar-refractivity contribution in [3.63, 3.8) is 0 Å². The summed E-state index contributed by atoms with van der Waals surface area (Å²) < 4.78 is 27.7. The molecule has 1 aromatic heterocycles. The second-order valence-corrected chi connectivity index (χ2v) is 7.95. The average Bonchev–Trinajstić information content (AvgIpc) is 2.45. The first-order valence-electron chi connectivity index (χ1n) is 7.52. The van der Waals surface area contributed by atoms with Gasteiger partial charge < -0.3 is 5.73 Å². The van der Waals surface area contributed by atoms with Crippen LogP contribution in [0.2, 0.25) is 0 Å². The Labute approximate surface area is 131 Å². The smallest absolute Gasteiger partial charge is 0.245 e. The number of nitrogens with two attached hydrogens (primary N) is 1. The molecule has 1 aliphatic heterocycles. The Kier molecular flexibility index (Phi) is 3.92. The van der Waals surface area contributed by atoms with Crippen LogP contribution in [0, 0.1) is 6.92 Å². The number of hydrogen-bond donors (Lipinski definition) is 1. The Morgan fingerprint density at radius 2 is 2.14 bits per heavy atom. The molecule has 22 heavy (non-hydrogen) atoms. The molecule has 0 amide bonds. The molecule has 5 nitrogen and oxygen atoms in total. The Morgan fingerprint density at radius 3 is 2.86 bits per heavy atom. The summed E-state index contributed by atoms with van der Waals surface area (Å²) in [5.74, 6) is 0. The van der Waals surface area contributed by atoms with Gasteiger partial charge in [-0.2, -0.15) is 4.31 Å². The van der Waals surface area contributed by atoms with Gasteiger partial charge in [0.2, 0.25) is 10.0 Å². The lowest BCUT2D eigenvalue weighted by molar-refractivity contribution is 0.247. The first-order valence-corrected chi connectivity index (χ1v) is 8.96. The third-order valence-corrected chi connectivity index (χ3v) is 6.30. The predicted octanol–water partition coefficient (Wildman–Crippen LogP) is 2.04. The van der Waals surface area contributed by atoms with E-state index in [1.165, 1.54) is 0 Å². The number of nitrogens with zero attached hydrogens (tertiary/aromatic N) is 2. The molecule has 0 aliphatic carbocycles. The van der Waals surface area contributed by atoms with E-state index in [1.54, 1.807) is 22.6 Å². The van der Waals surface area contributed by atoms with Gasteiger partial charge in [0.15, 0.2) is 0 Å². The van der Waals surface area contributed by atoms with Gasteiger partial charge in [-0.05, 0) is 44.4 Å². The van der Waals surface area contributed by atoms with Crippen LogP contribution < -0.4 is 5.73 Å². The maximum atomic E-state index is 13.0. The van der Waals surface area contributed by atoms with Crippen molar-refractivity contribution in [1.29, 1.82) is 0 Å². The van der Waals surface area contributed by atoms with E-state index >= 15 is 0 Å². The molecule has 2 aromatic rings. The van der Waals surface area contributed by atoms with Crippen molar-refractivity contribution in [2.24, 2.45) is 5.73 Å². The summed E-state index contributed by atoms with van der Waals surface area (Å²) in [5, 5.41) is 0.849. The van der Waals surface area contributed by atoms with Gasteiger partial charge in [0.25, 0.3) is 0 Å². The molecule has 1 fully saturated rings. The summed E-state index contributed by atoms with van der Waals surface area (Å²) in [6, 6.07) is 7.25. The van der Waals surface area contributed by atoms with E-state index in [-0.39, 0.29) is 17.0 Å². The minimum Gasteiger partial charge on any atom is -0.328 e. The van der Waals surface area contributed by atoms with E-state index in [4.69, 9.17) is 5.73 Å². The molecule has 0 unspecified atom stereocenters. The number of pyridine rings is 1. The van der Waals surface area contributed by atoms with Crippen molar-refractivity contribution >= 4 is 20.9 Å². The highest BCUT2D eigenvalue weighted by atomic mass is 32.2. The van der Waals surface area contributed by atoms with E-state index in [0.29, 0.717) is 24.9 Å². The van der Waals surface area contributed by atoms with Crippen molar-refractivity contribution in [2.75, 3.05) is 6.54 Å². The fourth-order valence-corrected chi connectivity index (χ4v) is 4.95. The van der Waals surface area contributed by atoms with Crippen molar-refractivity contribution in [2.45, 2.75) is 43.7 Å². The van der Waals surface area contributed by atoms with Crippen LogP contribution in [-0.2, 0) is 10.0 Å². The molecule has 0 radical (unpaired) electrons. The lowest BCUT2D eigenvalue weighted by atomic mass is 10.0. The summed E-state index contributed by atoms with van der Waals surface area (Å²) in [5.41, 5.74) is 7.49. The molecule has 0 spiro atoms. The number of sulfonamides is 1. The number of fused-ring (bicyclic) bond motifs is 1. The van der Waals surface area contributed by atoms with Crippen LogP contribution in [0.3, 0.4) is 0 Å². The van der Waals surface area contributed by atoms with E-state index < -0.39 is 10.0 Å². The molecule has 0 saturated carbocycles. The summed E-state index contributed by atoms with van der Waals surface area (Å²) in [4.78, 5) is 4.64. The van der Waals surface area contributed by atoms with Crippen molar-refractivity contribution in [1.82, 2.24) is 9.29 Å². The highest BCUT2D eigenvalue weighted by Crippen LogP contribution is 2.29. The quantitative estimate of drug-likeness (QED) is 0.919. The van der Waals surface area contributed by atoms with Gasteiger partial charge >= 0.3 is 0 Å². The standard InChI is InChI=1S/C16H21N3O2S/c1-11-8-13-4-3-5-15(16(13)18-10-11)22(20,21)19-7-6-14(17)9-12(19)2/h3-5,8,10,12,14H,6-7,9,17H2,1-2H3/t12-,14-/m1/s1. The molecule has 1 aliphatic rings. The number of rotatable bonds is 2. The van der Waals surface area contributed by atoms with E-state index in [0.717, 1.165) is 10.9 Å². The highest BCUT2D eigenvalue weighted by molar-refractivity contribution is 7.89. The highest BCUT2D eigenvalue weighted by Gasteiger charge is 2.34. The number of aryl methyl sites for hydroxylation is 1. The van der Waals surface area contributed by atoms with Crippen LogP contribution in [0.25, 0.3) is 10.9 Å². The number of aromatic nitrogens is 1. The average molecular weight is 319 g/mol. The summed E-state index contributed by atoms with van der Waals surface area (Å²) >= 11 is 0. The van der Waals surface area contributed by atoms with Gasteiger partial charge in [0.1, 0.15) is 4.90 Å². The first kappa shape index (κ1) is 15.4. The molecule has 6 heteroatoms. The summed E-state index contributed by atoms with van der Waals surface area (Å²) in [7, 11) is -3.56. The number of benzene rings is 1. The maximum Gasteiger partial charge on any atom is 0.245 e. The second-order valence-electron chi connectivity index (χ2n) is 6.09. The van der Waals surface area contributed by atoms with Gasteiger partial charge in [0, 0.05) is 30.2 Å². The largest absolute Gasteiger partial charge is 0.328 e. The molecular formula is C16H21N3O2S. The Morgan fingerprint density at radius 1 is 1.36 bits per heavy atom. The lowest BCUT2D eigenvalue weighted by Gasteiger charge is -2.35. The molecule has 3 rings (SSSR count). The monoisotopic (exact) mass is 319 g/mol. The van der Waals surface area contributed by atoms with Crippen LogP contribution in [-0.4, -0.2) is 36.3 Å². The van der Waals surface area contributed by atoms with Gasteiger partial charge in [-0.25, -0.2) is 8.42 Å². The van der Waals surface area contributed by atoms with E-state index in [9.17, 15) is 8.42 Å². The molecule has 2 atom stereocenters. The van der Waals surface area contributed by atoms with E-state index in [1.807, 2.05) is 26.0 Å². The zero-order valence-corrected chi connectivity index (χ0v) is 13.7. The first-order chi connectivity index (χ1) is 10.4. The van der Waals surface area contributed by atoms with Gasteiger partial charge in [-0.3, -0.25) is 4.98 Å². The Bertz CT molecular complexity index is 804. The molecule has 118 valence electrons. The van der Waals surface area contributed by atoms with Gasteiger partial charge in [-0.1, -0.05) is 12.1 Å². The van der Waals surface area contributed by atoms with Crippen LogP contribution in [0.5, 0.6) is 0 Å². The molecule has 2 heterocycles. The molecular weight excluding hydrogens is 298 g/mol. The van der Waals surface area contributed by atoms with Gasteiger partial charge in [-0.15, -0.1) is 0 Å². The summed E-state index contributed by atoms with van der Waals surface area (Å²) in [6.07, 6.45) is 3.09. The SMILES string of the molecule is Cc1cnc2c(S(=O)(=O)N3CC[C@@H](N)C[C@H]3C)cccc2c1. The fraction of sp³-hybridized carbons (Fsp3) is 0.438. The van der Waals surface area contributed by atoms with Crippen molar-refractivity contribution in [3.05, 3.63) is 36.0 Å². The van der Waals surface area contributed by atoms with Gasteiger partial charge in [0.05, 0.1) is 5.52 Å². The third kappa shape index (κ3) is 2.62. The normalized spacial score (nSPS) is 23.8. The van der Waals surface area contributed by atoms with Crippen LogP contribution in [0.1, 0.15) is 25.3 Å². The molecule has 1 aromatic carbocycles. The molecule has 2 N–H and O–H groups in total. The third-order valence-electron chi connectivity index (χ3n) is 4.25. The number of para-hydroxylation sites is 1. The van der Waals surface area contributed by atoms with Crippen LogP contribution in [0.15, 0.2) is 35.4 Å². The predicted molar refractivity (Wildman–Crippen MR) is 87.0 cm³/mol. The second kappa shape index (κ2) is 5.61. The Balaban J connectivity index is 2.10. The number of piperidine rings is 1.